The fourth-order valence-electron chi connectivity index (χ4n) is 4.33. The molecule has 1 amide bonds. The molecule has 4 rings (SSSR count). The lowest BCUT2D eigenvalue weighted by atomic mass is 9.92. The average Bonchev–Trinajstić information content (AvgIpc) is 2.81. The largest absolute Gasteiger partial charge is 0.507 e. The molecular formula is C30H35BrFNO3Si. The van der Waals surface area contributed by atoms with Gasteiger partial charge >= 0.3 is 0 Å². The smallest absolute Gasteiger partial charge is 0.228 e. The number of anilines is 1. The molecule has 3 aromatic carbocycles. The van der Waals surface area contributed by atoms with E-state index in [1.807, 2.05) is 36.4 Å². The molecule has 0 spiro atoms. The van der Waals surface area contributed by atoms with Gasteiger partial charge in [0.25, 0.3) is 0 Å². The van der Waals surface area contributed by atoms with Crippen LogP contribution in [-0.4, -0.2) is 25.9 Å². The second-order valence-electron chi connectivity index (χ2n) is 11.3. The van der Waals surface area contributed by atoms with Crippen LogP contribution in [0.3, 0.4) is 0 Å². The quantitative estimate of drug-likeness (QED) is 0.214. The summed E-state index contributed by atoms with van der Waals surface area (Å²) >= 11 is 3.42. The lowest BCUT2D eigenvalue weighted by Gasteiger charge is -2.39. The number of halogens is 2. The van der Waals surface area contributed by atoms with Gasteiger partial charge in [0.15, 0.2) is 8.32 Å². The van der Waals surface area contributed by atoms with Crippen molar-refractivity contribution in [2.45, 2.75) is 64.3 Å². The molecule has 196 valence electrons. The Balaban J connectivity index is 1.71. The predicted octanol–water partition coefficient (Wildman–Crippen LogP) is 8.39. The molecule has 0 radical (unpaired) electrons. The SMILES string of the molecule is CC(C)(C)[Si](C)(C)O[C@@H](CCc1cc(N2CCC2=O)ccc1-c1ccc(Br)cc1O)c1ccc(F)cc1. The van der Waals surface area contributed by atoms with Crippen LogP contribution in [0.4, 0.5) is 10.1 Å². The zero-order valence-electron chi connectivity index (χ0n) is 22.1. The number of carbonyl (C=O) groups excluding carboxylic acids is 1. The number of aryl methyl sites for hydroxylation is 1. The summed E-state index contributed by atoms with van der Waals surface area (Å²) in [6.07, 6.45) is 1.71. The third-order valence-corrected chi connectivity index (χ3v) is 12.6. The van der Waals surface area contributed by atoms with Crippen molar-refractivity contribution in [2.75, 3.05) is 11.4 Å². The molecule has 7 heteroatoms. The van der Waals surface area contributed by atoms with Gasteiger partial charge in [-0.2, -0.15) is 0 Å². The Morgan fingerprint density at radius 1 is 1.05 bits per heavy atom. The second kappa shape index (κ2) is 10.7. The maximum Gasteiger partial charge on any atom is 0.228 e. The summed E-state index contributed by atoms with van der Waals surface area (Å²) in [7, 11) is -2.12. The first-order valence-electron chi connectivity index (χ1n) is 12.7. The molecular weight excluding hydrogens is 549 g/mol. The predicted molar refractivity (Wildman–Crippen MR) is 154 cm³/mol. The van der Waals surface area contributed by atoms with E-state index in [0.29, 0.717) is 25.8 Å². The summed E-state index contributed by atoms with van der Waals surface area (Å²) in [5.41, 5.74) is 4.51. The van der Waals surface area contributed by atoms with E-state index in [0.717, 1.165) is 32.4 Å². The normalized spacial score (nSPS) is 15.0. The number of amides is 1. The van der Waals surface area contributed by atoms with Gasteiger partial charge in [0, 0.05) is 28.7 Å². The molecule has 0 saturated carbocycles. The van der Waals surface area contributed by atoms with Crippen LogP contribution in [0.5, 0.6) is 5.75 Å². The highest BCUT2D eigenvalue weighted by molar-refractivity contribution is 9.10. The molecule has 0 bridgehead atoms. The van der Waals surface area contributed by atoms with Crippen molar-refractivity contribution in [3.05, 3.63) is 82.1 Å². The van der Waals surface area contributed by atoms with E-state index in [1.54, 1.807) is 11.0 Å². The summed E-state index contributed by atoms with van der Waals surface area (Å²) in [4.78, 5) is 13.9. The lowest BCUT2D eigenvalue weighted by Crippen LogP contribution is -2.43. The highest BCUT2D eigenvalue weighted by Crippen LogP contribution is 2.42. The second-order valence-corrected chi connectivity index (χ2v) is 16.9. The molecule has 37 heavy (non-hydrogen) atoms. The van der Waals surface area contributed by atoms with Gasteiger partial charge in [-0.15, -0.1) is 0 Å². The van der Waals surface area contributed by atoms with Crippen molar-refractivity contribution in [2.24, 2.45) is 0 Å². The monoisotopic (exact) mass is 583 g/mol. The van der Waals surface area contributed by atoms with Gasteiger partial charge in [-0.1, -0.05) is 54.9 Å². The number of benzene rings is 3. The fraction of sp³-hybridized carbons (Fsp3) is 0.367. The Kier molecular flexibility index (Phi) is 7.98. The molecule has 1 fully saturated rings. The maximum atomic E-state index is 13.7. The van der Waals surface area contributed by atoms with E-state index in [2.05, 4.69) is 55.9 Å². The topological polar surface area (TPSA) is 49.8 Å². The number of aromatic hydroxyl groups is 1. The van der Waals surface area contributed by atoms with E-state index in [-0.39, 0.29) is 28.6 Å². The molecule has 3 aromatic rings. The summed E-state index contributed by atoms with van der Waals surface area (Å²) in [5.74, 6) is 0.0430. The number of phenols is 1. The highest BCUT2D eigenvalue weighted by atomic mass is 79.9. The minimum absolute atomic E-state index is 0.0252. The third-order valence-electron chi connectivity index (χ3n) is 7.66. The standard InChI is InChI=1S/C30H35BrFNO3Si/c1-30(2,3)37(4,5)36-28(20-6-10-23(32)11-7-20)15-8-21-18-24(33-17-16-29(33)35)12-14-25(21)26-13-9-22(31)19-27(26)34/h6-7,9-14,18-19,28,34H,8,15-17H2,1-5H3/t28-/m0/s1. The zero-order valence-corrected chi connectivity index (χ0v) is 24.7. The van der Waals surface area contributed by atoms with E-state index < -0.39 is 8.32 Å². The summed E-state index contributed by atoms with van der Waals surface area (Å²) in [6.45, 7) is 11.8. The van der Waals surface area contributed by atoms with Crippen LogP contribution < -0.4 is 4.90 Å². The van der Waals surface area contributed by atoms with Crippen molar-refractivity contribution in [3.8, 4) is 16.9 Å². The number of hydrogen-bond donors (Lipinski definition) is 1. The van der Waals surface area contributed by atoms with E-state index in [4.69, 9.17) is 4.43 Å². The Labute approximate surface area is 228 Å². The first-order valence-corrected chi connectivity index (χ1v) is 16.4. The zero-order chi connectivity index (χ0) is 27.0. The van der Waals surface area contributed by atoms with Crippen molar-refractivity contribution in [3.63, 3.8) is 0 Å². The van der Waals surface area contributed by atoms with E-state index >= 15 is 0 Å². The van der Waals surface area contributed by atoms with Gasteiger partial charge in [-0.25, -0.2) is 4.39 Å². The van der Waals surface area contributed by atoms with Crippen LogP contribution in [0.1, 0.15) is 50.8 Å². The van der Waals surface area contributed by atoms with Crippen molar-refractivity contribution in [1.82, 2.24) is 0 Å². The summed E-state index contributed by atoms with van der Waals surface area (Å²) in [5, 5.41) is 10.7. The molecule has 1 N–H and O–H groups in total. The summed E-state index contributed by atoms with van der Waals surface area (Å²) < 4.78 is 21.4. The van der Waals surface area contributed by atoms with E-state index in [1.165, 1.54) is 12.1 Å². The Morgan fingerprint density at radius 3 is 2.30 bits per heavy atom. The van der Waals surface area contributed by atoms with Gasteiger partial charge in [-0.05, 0) is 90.1 Å². The number of β-lactam (4-membered cyclic amide) rings is 1. The van der Waals surface area contributed by atoms with Gasteiger partial charge < -0.3 is 14.4 Å². The molecule has 0 aliphatic carbocycles. The van der Waals surface area contributed by atoms with Gasteiger partial charge in [0.2, 0.25) is 5.91 Å². The number of rotatable bonds is 8. The van der Waals surface area contributed by atoms with Gasteiger partial charge in [0.05, 0.1) is 6.10 Å². The average molecular weight is 585 g/mol. The maximum absolute atomic E-state index is 13.7. The lowest BCUT2D eigenvalue weighted by molar-refractivity contribution is -0.122. The number of phenolic OH excluding ortho intramolecular Hbond substituents is 1. The van der Waals surface area contributed by atoms with E-state index in [9.17, 15) is 14.3 Å². The Morgan fingerprint density at radius 2 is 1.73 bits per heavy atom. The Bertz CT molecular complexity index is 1290. The van der Waals surface area contributed by atoms with Crippen molar-refractivity contribution < 1.29 is 18.7 Å². The van der Waals surface area contributed by atoms with Crippen LogP contribution in [-0.2, 0) is 15.6 Å². The van der Waals surface area contributed by atoms with Crippen LogP contribution in [0, 0.1) is 5.82 Å². The molecule has 1 aliphatic heterocycles. The molecule has 4 nitrogen and oxygen atoms in total. The molecule has 1 atom stereocenters. The number of hydrogen-bond acceptors (Lipinski definition) is 3. The first kappa shape index (κ1) is 27.5. The van der Waals surface area contributed by atoms with Gasteiger partial charge in [-0.3, -0.25) is 4.79 Å². The van der Waals surface area contributed by atoms with Gasteiger partial charge in [0.1, 0.15) is 11.6 Å². The minimum Gasteiger partial charge on any atom is -0.507 e. The fourth-order valence-corrected chi connectivity index (χ4v) is 6.00. The number of nitrogens with zero attached hydrogens (tertiary/aromatic N) is 1. The Hall–Kier alpha value is -2.48. The summed E-state index contributed by atoms with van der Waals surface area (Å²) in [6, 6.07) is 18.1. The van der Waals surface area contributed by atoms with Crippen LogP contribution in [0.25, 0.3) is 11.1 Å². The molecule has 0 unspecified atom stereocenters. The first-order chi connectivity index (χ1) is 17.4. The molecule has 1 aliphatic rings. The van der Waals surface area contributed by atoms with Crippen molar-refractivity contribution in [1.29, 1.82) is 0 Å². The van der Waals surface area contributed by atoms with Crippen LogP contribution >= 0.6 is 15.9 Å². The minimum atomic E-state index is -2.12. The molecule has 1 heterocycles. The molecule has 0 aromatic heterocycles. The van der Waals surface area contributed by atoms with Crippen LogP contribution in [0.2, 0.25) is 18.1 Å². The highest BCUT2D eigenvalue weighted by Gasteiger charge is 2.39. The van der Waals surface area contributed by atoms with Crippen LogP contribution in [0.15, 0.2) is 65.1 Å². The van der Waals surface area contributed by atoms with Crippen molar-refractivity contribution >= 4 is 35.8 Å². The number of carbonyl (C=O) groups is 1. The molecule has 1 saturated heterocycles. The third kappa shape index (κ3) is 6.16.